The quantitative estimate of drug-likeness (QED) is 0.725. The van der Waals surface area contributed by atoms with Gasteiger partial charge in [0.15, 0.2) is 0 Å². The molecule has 0 radical (unpaired) electrons. The molecule has 1 rings (SSSR count). The van der Waals surface area contributed by atoms with Crippen molar-refractivity contribution in [2.75, 3.05) is 0 Å². The van der Waals surface area contributed by atoms with Gasteiger partial charge in [-0.05, 0) is 0 Å². The van der Waals surface area contributed by atoms with Crippen LogP contribution in [0.1, 0.15) is 41.7 Å². The number of hydrogen-bond donors (Lipinski definition) is 0. The van der Waals surface area contributed by atoms with Gasteiger partial charge in [-0.15, -0.1) is 0 Å². The Morgan fingerprint density at radius 3 is 2.92 bits per heavy atom. The maximum atomic E-state index is 10.6. The van der Waals surface area contributed by atoms with E-state index in [9.17, 15) is 4.79 Å². The van der Waals surface area contributed by atoms with E-state index < -0.39 is 31.4 Å². The van der Waals surface area contributed by atoms with Gasteiger partial charge in [0, 0.05) is 0 Å². The second-order valence-corrected chi connectivity index (χ2v) is 8.28. The Morgan fingerprint density at radius 1 is 1.67 bits per heavy atom. The molecule has 1 aliphatic rings. The SMILES string of the molecule is [2H]C1([2H])CCC([CH2][Hg][O]C(C)=O)CC1. The van der Waals surface area contributed by atoms with E-state index in [1.807, 2.05) is 0 Å². The monoisotopic (exact) mass is 360 g/mol. The van der Waals surface area contributed by atoms with Crippen molar-refractivity contribution < 1.29 is 35.2 Å². The van der Waals surface area contributed by atoms with Crippen LogP contribution >= 0.6 is 0 Å². The Kier molecular flexibility index (Phi) is 3.86. The molecule has 3 heteroatoms. The molecule has 1 aliphatic carbocycles. The average molecular weight is 359 g/mol. The zero-order chi connectivity index (χ0) is 10.6. The zero-order valence-corrected chi connectivity index (χ0v) is 13.1. The van der Waals surface area contributed by atoms with Crippen LogP contribution in [0, 0.1) is 5.92 Å². The molecule has 0 spiro atoms. The summed E-state index contributed by atoms with van der Waals surface area (Å²) in [6.07, 6.45) is 2.40. The summed E-state index contributed by atoms with van der Waals surface area (Å²) in [5.74, 6) is 0.512. The van der Waals surface area contributed by atoms with Crippen molar-refractivity contribution >= 4 is 5.97 Å². The first kappa shape index (κ1) is 7.78. The molecule has 0 aromatic rings. The Labute approximate surface area is 90.0 Å². The predicted molar refractivity (Wildman–Crippen MR) is 43.1 cm³/mol. The summed E-state index contributed by atoms with van der Waals surface area (Å²) < 4.78 is 21.3. The molecule has 0 saturated heterocycles. The van der Waals surface area contributed by atoms with E-state index in [-0.39, 0.29) is 5.97 Å². The molecule has 0 bridgehead atoms. The predicted octanol–water partition coefficient (Wildman–Crippen LogP) is 2.55. The Balaban J connectivity index is 2.13. The standard InChI is InChI=1S/C7H13.C2H4O2.Hg/c1-7-5-3-2-4-6-7;1-2(3)4;/h7H,1-6H2;1H3,(H,3,4);/q;;+1/p-1/i2D2;;. The Hall–Kier alpha value is 0.405. The van der Waals surface area contributed by atoms with Crippen LogP contribution in [0.2, 0.25) is 3.93 Å². The Morgan fingerprint density at radius 2 is 2.33 bits per heavy atom. The number of carbonyl (C=O) groups is 1. The molecule has 0 atom stereocenters. The van der Waals surface area contributed by atoms with E-state index in [0.29, 0.717) is 18.8 Å². The molecule has 0 aromatic carbocycles. The third-order valence-electron chi connectivity index (χ3n) is 2.29. The van der Waals surface area contributed by atoms with Crippen LogP contribution in [0.3, 0.4) is 0 Å². The number of hydrogen-bond acceptors (Lipinski definition) is 2. The molecule has 0 aliphatic heterocycles. The van der Waals surface area contributed by atoms with Gasteiger partial charge in [-0.2, -0.15) is 0 Å². The fourth-order valence-corrected chi connectivity index (χ4v) is 6.66. The second kappa shape index (κ2) is 5.95. The summed E-state index contributed by atoms with van der Waals surface area (Å²) >= 11 is -1.40. The molecule has 66 valence electrons. The van der Waals surface area contributed by atoms with Crippen LogP contribution in [-0.4, -0.2) is 5.97 Å². The van der Waals surface area contributed by atoms with Crippen LogP contribution in [0.25, 0.3) is 0 Å². The summed E-state index contributed by atoms with van der Waals surface area (Å²) in [6.45, 7) is 1.47. The average Bonchev–Trinajstić information content (AvgIpc) is 2.07. The molecule has 0 aromatic heterocycles. The van der Waals surface area contributed by atoms with E-state index in [0.717, 1.165) is 16.8 Å². The molecular weight excluding hydrogens is 341 g/mol. The van der Waals surface area contributed by atoms with Gasteiger partial charge in [-0.25, -0.2) is 0 Å². The molecule has 0 unspecified atom stereocenters. The van der Waals surface area contributed by atoms with Gasteiger partial charge in [0.05, 0.1) is 0 Å². The van der Waals surface area contributed by atoms with Gasteiger partial charge in [-0.3, -0.25) is 0 Å². The van der Waals surface area contributed by atoms with E-state index in [4.69, 9.17) is 5.39 Å². The molecule has 2 nitrogen and oxygen atoms in total. The van der Waals surface area contributed by atoms with Crippen molar-refractivity contribution in [3.8, 4) is 0 Å². The van der Waals surface area contributed by atoms with Gasteiger partial charge in [0.2, 0.25) is 0 Å². The molecule has 0 heterocycles. The van der Waals surface area contributed by atoms with E-state index in [1.165, 1.54) is 6.92 Å². The van der Waals surface area contributed by atoms with Crippen molar-refractivity contribution in [2.45, 2.75) is 42.9 Å². The van der Waals surface area contributed by atoms with E-state index >= 15 is 0 Å². The molecule has 0 amide bonds. The first-order valence-electron chi connectivity index (χ1n) is 5.63. The fraction of sp³-hybridized carbons (Fsp3) is 0.889. The summed E-state index contributed by atoms with van der Waals surface area (Å²) in [7, 11) is 0. The van der Waals surface area contributed by atoms with Crippen LogP contribution < -0.4 is 0 Å². The third kappa shape index (κ3) is 4.44. The summed E-state index contributed by atoms with van der Waals surface area (Å²) in [6, 6.07) is 0. The van der Waals surface area contributed by atoms with E-state index in [2.05, 4.69) is 0 Å². The van der Waals surface area contributed by atoms with Crippen LogP contribution in [0.15, 0.2) is 0 Å². The minimum absolute atomic E-state index is 0.127. The normalized spacial score (nSPS) is 25.1. The van der Waals surface area contributed by atoms with Crippen LogP contribution in [-0.2, 0) is 32.5 Å². The van der Waals surface area contributed by atoms with Gasteiger partial charge in [-0.1, -0.05) is 0 Å². The van der Waals surface area contributed by atoms with Gasteiger partial charge in [0.25, 0.3) is 0 Å². The third-order valence-corrected chi connectivity index (χ3v) is 8.75. The zero-order valence-electron chi connectivity index (χ0n) is 9.64. The molecule has 12 heavy (non-hydrogen) atoms. The first-order valence-corrected chi connectivity index (χ1v) is 10.8. The van der Waals surface area contributed by atoms with Crippen molar-refractivity contribution in [3.05, 3.63) is 0 Å². The van der Waals surface area contributed by atoms with Crippen molar-refractivity contribution in [1.29, 1.82) is 0 Å². The van der Waals surface area contributed by atoms with Gasteiger partial charge in [0.1, 0.15) is 0 Å². The summed E-state index contributed by atoms with van der Waals surface area (Å²) in [5, 5.41) is 0. The van der Waals surface area contributed by atoms with Gasteiger partial charge >= 0.3 is 90.0 Å². The molecule has 1 fully saturated rings. The molecule has 0 N–H and O–H groups in total. The first-order chi connectivity index (χ1) is 6.49. The number of rotatable bonds is 3. The summed E-state index contributed by atoms with van der Waals surface area (Å²) in [5.41, 5.74) is 0. The maximum absolute atomic E-state index is 10.6. The van der Waals surface area contributed by atoms with Crippen molar-refractivity contribution in [3.63, 3.8) is 0 Å². The summed E-state index contributed by atoms with van der Waals surface area (Å²) in [4.78, 5) is 10.6. The van der Waals surface area contributed by atoms with E-state index in [1.54, 1.807) is 0 Å². The van der Waals surface area contributed by atoms with Crippen LogP contribution in [0.4, 0.5) is 0 Å². The van der Waals surface area contributed by atoms with Crippen LogP contribution in [0.5, 0.6) is 0 Å². The minimum atomic E-state index is -1.40. The van der Waals surface area contributed by atoms with Gasteiger partial charge < -0.3 is 0 Å². The molecule has 1 saturated carbocycles. The number of carbonyl (C=O) groups excluding carboxylic acids is 1. The van der Waals surface area contributed by atoms with Crippen molar-refractivity contribution in [2.24, 2.45) is 5.92 Å². The second-order valence-electron chi connectivity index (χ2n) is 3.32. The topological polar surface area (TPSA) is 26.3 Å². The van der Waals surface area contributed by atoms with Crippen molar-refractivity contribution in [1.82, 2.24) is 0 Å². The Bertz CT molecular complexity index is 199. The fourth-order valence-electron chi connectivity index (χ4n) is 1.54. The molecular formula is C9H16HgO2.